The molecule has 0 unspecified atom stereocenters. The second-order valence-electron chi connectivity index (χ2n) is 9.12. The molecule has 0 radical (unpaired) electrons. The van der Waals surface area contributed by atoms with E-state index in [0.29, 0.717) is 5.92 Å². The third-order valence-corrected chi connectivity index (χ3v) is 6.17. The minimum absolute atomic E-state index is 0.0325. The molecule has 2 aliphatic heterocycles. The van der Waals surface area contributed by atoms with E-state index >= 15 is 0 Å². The average molecular weight is 390 g/mol. The largest absolute Gasteiger partial charge is 0.487 e. The first-order valence-corrected chi connectivity index (χ1v) is 10.5. The Morgan fingerprint density at radius 3 is 2.55 bits per heavy atom. The predicted octanol–water partition coefficient (Wildman–Crippen LogP) is 5.22. The molecule has 2 aromatic carbocycles. The van der Waals surface area contributed by atoms with Gasteiger partial charge in [0.15, 0.2) is 0 Å². The van der Waals surface area contributed by atoms with Crippen LogP contribution in [0.1, 0.15) is 50.8 Å². The Morgan fingerprint density at radius 1 is 1.03 bits per heavy atom. The van der Waals surface area contributed by atoms with Gasteiger partial charge < -0.3 is 9.47 Å². The van der Waals surface area contributed by atoms with Crippen molar-refractivity contribution in [1.29, 1.82) is 0 Å². The van der Waals surface area contributed by atoms with Crippen molar-refractivity contribution in [1.82, 2.24) is 4.90 Å². The average Bonchev–Trinajstić information content (AvgIpc) is 2.68. The molecular weight excluding hydrogens is 358 g/mol. The molecule has 29 heavy (non-hydrogen) atoms. The lowest BCUT2D eigenvalue weighted by molar-refractivity contribution is -0.169. The fourth-order valence-electron chi connectivity index (χ4n) is 4.57. The Balaban J connectivity index is 1.46. The lowest BCUT2D eigenvalue weighted by Crippen LogP contribution is -2.50. The van der Waals surface area contributed by atoms with Crippen molar-refractivity contribution in [2.24, 2.45) is 5.92 Å². The number of hydrogen-bond acceptors (Lipinski definition) is 3. The highest BCUT2D eigenvalue weighted by Crippen LogP contribution is 2.52. The van der Waals surface area contributed by atoms with Gasteiger partial charge >= 0.3 is 0 Å². The summed E-state index contributed by atoms with van der Waals surface area (Å²) in [5.41, 5.74) is 1.81. The van der Waals surface area contributed by atoms with Crippen molar-refractivity contribution in [3.63, 3.8) is 0 Å². The topological polar surface area (TPSA) is 21.7 Å². The Hall–Kier alpha value is -2.28. The zero-order valence-electron chi connectivity index (χ0n) is 17.9. The van der Waals surface area contributed by atoms with Gasteiger partial charge in [-0.15, -0.1) is 0 Å². The molecule has 0 spiro atoms. The lowest BCUT2D eigenvalue weighted by atomic mass is 9.73. The number of para-hydroxylation sites is 1. The number of fused-ring (bicyclic) bond motifs is 3. The fourth-order valence-corrected chi connectivity index (χ4v) is 4.57. The van der Waals surface area contributed by atoms with E-state index in [1.165, 1.54) is 5.56 Å². The minimum Gasteiger partial charge on any atom is -0.487 e. The van der Waals surface area contributed by atoms with E-state index in [4.69, 9.17) is 9.47 Å². The van der Waals surface area contributed by atoms with Crippen LogP contribution in [0, 0.1) is 17.8 Å². The van der Waals surface area contributed by atoms with Crippen molar-refractivity contribution in [2.75, 3.05) is 13.6 Å². The third-order valence-electron chi connectivity index (χ3n) is 6.17. The molecule has 4 rings (SSSR count). The first-order chi connectivity index (χ1) is 13.9. The maximum absolute atomic E-state index is 6.67. The molecule has 3 nitrogen and oxygen atoms in total. The molecule has 2 aliphatic rings. The van der Waals surface area contributed by atoms with E-state index in [1.807, 2.05) is 18.2 Å². The number of hydrogen-bond donors (Lipinski definition) is 0. The van der Waals surface area contributed by atoms with Gasteiger partial charge in [-0.3, -0.25) is 4.90 Å². The molecule has 3 atom stereocenters. The van der Waals surface area contributed by atoms with Gasteiger partial charge in [0.25, 0.3) is 0 Å². The van der Waals surface area contributed by atoms with E-state index in [9.17, 15) is 0 Å². The third kappa shape index (κ3) is 4.34. The highest BCUT2D eigenvalue weighted by molar-refractivity contribution is 5.39. The van der Waals surface area contributed by atoms with Gasteiger partial charge in [-0.1, -0.05) is 60.4 Å². The van der Waals surface area contributed by atoms with Crippen LogP contribution in [0.2, 0.25) is 0 Å². The molecule has 0 bridgehead atoms. The first-order valence-electron chi connectivity index (χ1n) is 10.5. The predicted molar refractivity (Wildman–Crippen MR) is 117 cm³/mol. The van der Waals surface area contributed by atoms with Crippen LogP contribution >= 0.6 is 0 Å². The zero-order chi connectivity index (χ0) is 20.5. The van der Waals surface area contributed by atoms with Gasteiger partial charge in [0.05, 0.1) is 12.6 Å². The monoisotopic (exact) mass is 389 g/mol. The van der Waals surface area contributed by atoms with Crippen LogP contribution in [0.3, 0.4) is 0 Å². The Kier molecular flexibility index (Phi) is 5.42. The summed E-state index contributed by atoms with van der Waals surface area (Å²) in [7, 11) is 2.11. The molecule has 1 saturated heterocycles. The highest BCUT2D eigenvalue weighted by atomic mass is 16.5. The zero-order valence-corrected chi connectivity index (χ0v) is 17.9. The van der Waals surface area contributed by atoms with Crippen molar-refractivity contribution < 1.29 is 9.47 Å². The van der Waals surface area contributed by atoms with Gasteiger partial charge in [0.2, 0.25) is 0 Å². The molecule has 3 heteroatoms. The van der Waals surface area contributed by atoms with Crippen LogP contribution in [-0.4, -0.2) is 29.7 Å². The van der Waals surface area contributed by atoms with Gasteiger partial charge in [-0.2, -0.15) is 0 Å². The van der Waals surface area contributed by atoms with Crippen LogP contribution in [0.5, 0.6) is 5.75 Å². The maximum atomic E-state index is 6.67. The van der Waals surface area contributed by atoms with Gasteiger partial charge in [-0.05, 0) is 52.3 Å². The lowest BCUT2D eigenvalue weighted by Gasteiger charge is -2.50. The molecule has 2 heterocycles. The number of ether oxygens (including phenoxy) is 2. The summed E-state index contributed by atoms with van der Waals surface area (Å²) >= 11 is 0. The first kappa shape index (κ1) is 20.0. The minimum atomic E-state index is -0.421. The van der Waals surface area contributed by atoms with E-state index in [2.05, 4.69) is 81.0 Å². The smallest absolute Gasteiger partial charge is 0.126 e. The molecule has 2 aromatic rings. The van der Waals surface area contributed by atoms with E-state index in [1.54, 1.807) is 0 Å². The van der Waals surface area contributed by atoms with Gasteiger partial charge in [-0.25, -0.2) is 0 Å². The van der Waals surface area contributed by atoms with Crippen LogP contribution in [0.15, 0.2) is 54.6 Å². The quantitative estimate of drug-likeness (QED) is 0.672. The summed E-state index contributed by atoms with van der Waals surface area (Å²) in [6, 6.07) is 18.8. The molecule has 0 saturated carbocycles. The Morgan fingerprint density at radius 2 is 1.76 bits per heavy atom. The molecular formula is C26H31NO2. The normalized spacial score (nSPS) is 27.2. The standard InChI is InChI=1S/C26H31NO2/c1-25(2)22-15-17-26(3,29-24(22)21-13-8-9-14-23(21)28-25)16-10-18-27(4)19-20-11-6-5-7-12-20/h5-9,11-14,22,24H,15,17-19H2,1-4H3/t22-,24-,26+/m1/s1. The SMILES string of the molecule is CN(CC#C[C@@]1(C)CC[C@@H]2[C@H](O1)c1ccccc1OC2(C)C)Cc1ccccc1. The van der Waals surface area contributed by atoms with Crippen molar-refractivity contribution in [2.45, 2.75) is 57.5 Å². The number of rotatable bonds is 3. The summed E-state index contributed by atoms with van der Waals surface area (Å²) in [4.78, 5) is 2.24. The summed E-state index contributed by atoms with van der Waals surface area (Å²) in [6.45, 7) is 8.12. The fraction of sp³-hybridized carbons (Fsp3) is 0.462. The van der Waals surface area contributed by atoms with Crippen LogP contribution in [0.4, 0.5) is 0 Å². The summed E-state index contributed by atoms with van der Waals surface area (Å²) < 4.78 is 13.0. The van der Waals surface area contributed by atoms with Gasteiger partial charge in [0, 0.05) is 18.0 Å². The maximum Gasteiger partial charge on any atom is 0.126 e. The van der Waals surface area contributed by atoms with E-state index < -0.39 is 5.60 Å². The van der Waals surface area contributed by atoms with Crippen LogP contribution in [-0.2, 0) is 11.3 Å². The van der Waals surface area contributed by atoms with Crippen LogP contribution in [0.25, 0.3) is 0 Å². The van der Waals surface area contributed by atoms with Gasteiger partial charge in [0.1, 0.15) is 17.0 Å². The number of nitrogens with zero attached hydrogens (tertiary/aromatic N) is 1. The summed E-state index contributed by atoms with van der Waals surface area (Å²) in [6.07, 6.45) is 2.01. The van der Waals surface area contributed by atoms with Crippen molar-refractivity contribution in [3.8, 4) is 17.6 Å². The molecule has 1 fully saturated rings. The molecule has 0 aromatic heterocycles. The highest BCUT2D eigenvalue weighted by Gasteiger charge is 2.49. The summed E-state index contributed by atoms with van der Waals surface area (Å²) in [5, 5.41) is 0. The van der Waals surface area contributed by atoms with E-state index in [-0.39, 0.29) is 11.7 Å². The van der Waals surface area contributed by atoms with Crippen molar-refractivity contribution in [3.05, 3.63) is 65.7 Å². The summed E-state index contributed by atoms with van der Waals surface area (Å²) in [5.74, 6) is 8.11. The van der Waals surface area contributed by atoms with Crippen LogP contribution < -0.4 is 4.74 Å². The molecule has 0 N–H and O–H groups in total. The van der Waals surface area contributed by atoms with Crippen molar-refractivity contribution >= 4 is 0 Å². The molecule has 152 valence electrons. The second kappa shape index (κ2) is 7.86. The molecule has 0 amide bonds. The van der Waals surface area contributed by atoms with E-state index in [0.717, 1.165) is 37.2 Å². The second-order valence-corrected chi connectivity index (χ2v) is 9.12. The number of benzene rings is 2. The Labute approximate surface area is 175 Å². The Bertz CT molecular complexity index is 911. The molecule has 0 aliphatic carbocycles.